The second-order valence-corrected chi connectivity index (χ2v) is 21.2. The molecule has 4 fully saturated rings. The van der Waals surface area contributed by atoms with Gasteiger partial charge in [-0.05, 0) is 110 Å². The maximum Gasteiger partial charge on any atom is 0.407 e. The van der Waals surface area contributed by atoms with Crippen LogP contribution in [0, 0.1) is 41.4 Å². The number of carboxylic acid groups (broad SMARTS) is 1. The predicted molar refractivity (Wildman–Crippen MR) is 237 cm³/mol. The van der Waals surface area contributed by atoms with Crippen molar-refractivity contribution in [2.45, 2.75) is 225 Å². The summed E-state index contributed by atoms with van der Waals surface area (Å²) >= 11 is 0. The summed E-state index contributed by atoms with van der Waals surface area (Å²) < 4.78 is 45.8. The molecule has 5 heterocycles. The number of amides is 1. The fourth-order valence-electron chi connectivity index (χ4n) is 11.3. The average Bonchev–Trinajstić information content (AvgIpc) is 3.57. The number of hydrogen-bond donors (Lipinski definition) is 4. The molecule has 0 aromatic heterocycles. The normalized spacial score (nSPS) is 40.8. The van der Waals surface area contributed by atoms with Crippen LogP contribution >= 0.6 is 0 Å². The van der Waals surface area contributed by atoms with Gasteiger partial charge in [0.05, 0.1) is 66.0 Å². The van der Waals surface area contributed by atoms with Crippen molar-refractivity contribution < 1.29 is 62.9 Å². The van der Waals surface area contributed by atoms with Gasteiger partial charge in [0, 0.05) is 30.1 Å². The molecule has 0 aromatic rings. The Hall–Kier alpha value is -2.17. The van der Waals surface area contributed by atoms with Crippen LogP contribution in [0.25, 0.3) is 0 Å². The summed E-state index contributed by atoms with van der Waals surface area (Å²) in [6, 6.07) is -0.768. The highest BCUT2D eigenvalue weighted by atomic mass is 16.8. The Morgan fingerprint density at radius 2 is 1.57 bits per heavy atom. The number of carbonyl (C=O) groups is 3. The van der Waals surface area contributed by atoms with Gasteiger partial charge in [0.1, 0.15) is 18.4 Å². The number of ether oxygens (including phenoxy) is 7. The monoisotopic (exact) mass is 894 g/mol. The van der Waals surface area contributed by atoms with E-state index in [4.69, 9.17) is 33.2 Å². The molecule has 1 unspecified atom stereocenters. The van der Waals surface area contributed by atoms with Crippen LogP contribution in [0.1, 0.15) is 154 Å². The summed E-state index contributed by atoms with van der Waals surface area (Å²) in [4.78, 5) is 40.1. The maximum atomic E-state index is 14.7. The third-order valence-corrected chi connectivity index (χ3v) is 15.6. The van der Waals surface area contributed by atoms with Crippen LogP contribution < -0.4 is 5.32 Å². The number of aliphatic hydroxyl groups is 2. The van der Waals surface area contributed by atoms with Crippen molar-refractivity contribution in [3.8, 4) is 0 Å². The Morgan fingerprint density at radius 1 is 0.889 bits per heavy atom. The van der Waals surface area contributed by atoms with E-state index in [-0.39, 0.29) is 48.5 Å². The van der Waals surface area contributed by atoms with Crippen LogP contribution in [0.5, 0.6) is 0 Å². The zero-order valence-electron chi connectivity index (χ0n) is 40.6. The molecule has 0 aliphatic carbocycles. The van der Waals surface area contributed by atoms with Gasteiger partial charge in [-0.1, -0.05) is 61.5 Å². The van der Waals surface area contributed by atoms with Gasteiger partial charge in [0.25, 0.3) is 0 Å². The van der Waals surface area contributed by atoms with Gasteiger partial charge in [-0.3, -0.25) is 9.59 Å². The van der Waals surface area contributed by atoms with Crippen molar-refractivity contribution in [3.05, 3.63) is 12.2 Å². The second kappa shape index (κ2) is 20.4. The topological polar surface area (TPSA) is 189 Å². The largest absolute Gasteiger partial charge is 0.481 e. The molecule has 5 aliphatic rings. The van der Waals surface area contributed by atoms with E-state index in [1.165, 1.54) is 0 Å². The minimum Gasteiger partial charge on any atom is -0.481 e. The van der Waals surface area contributed by atoms with Crippen molar-refractivity contribution in [1.82, 2.24) is 5.32 Å². The van der Waals surface area contributed by atoms with E-state index in [0.717, 1.165) is 6.42 Å². The Kier molecular flexibility index (Phi) is 16.7. The second-order valence-electron chi connectivity index (χ2n) is 21.2. The number of carbonyl (C=O) groups excluding carboxylic acids is 2. The van der Waals surface area contributed by atoms with Crippen LogP contribution in [0.3, 0.4) is 0 Å². The lowest BCUT2D eigenvalue weighted by atomic mass is 9.72. The summed E-state index contributed by atoms with van der Waals surface area (Å²) in [5.41, 5.74) is -2.14. The Morgan fingerprint density at radius 3 is 2.17 bits per heavy atom. The van der Waals surface area contributed by atoms with E-state index < -0.39 is 95.1 Å². The number of aliphatic hydroxyl groups excluding tert-OH is 1. The van der Waals surface area contributed by atoms with E-state index >= 15 is 0 Å². The Bertz CT molecular complexity index is 1600. The molecule has 63 heavy (non-hydrogen) atoms. The molecule has 18 atom stereocenters. The van der Waals surface area contributed by atoms with Crippen LogP contribution in [-0.4, -0.2) is 117 Å². The molecule has 14 nitrogen and oxygen atoms in total. The van der Waals surface area contributed by atoms with Crippen molar-refractivity contribution in [1.29, 1.82) is 0 Å². The van der Waals surface area contributed by atoms with Gasteiger partial charge in [0.15, 0.2) is 11.6 Å². The summed E-state index contributed by atoms with van der Waals surface area (Å²) in [7, 11) is 0. The lowest BCUT2D eigenvalue weighted by Gasteiger charge is -2.55. The van der Waals surface area contributed by atoms with Gasteiger partial charge in [-0.2, -0.15) is 0 Å². The first-order valence-electron chi connectivity index (χ1n) is 24.2. The van der Waals surface area contributed by atoms with Crippen LogP contribution in [-0.2, 0) is 42.7 Å². The smallest absolute Gasteiger partial charge is 0.407 e. The van der Waals surface area contributed by atoms with Crippen molar-refractivity contribution in [3.63, 3.8) is 0 Å². The number of rotatable bonds is 16. The Balaban J connectivity index is 1.38. The highest BCUT2D eigenvalue weighted by Crippen LogP contribution is 2.54. The van der Waals surface area contributed by atoms with Crippen LogP contribution in [0.4, 0.5) is 4.79 Å². The molecular formula is C49H83NO13. The summed E-state index contributed by atoms with van der Waals surface area (Å²) in [6.07, 6.45) is 5.53. The van der Waals surface area contributed by atoms with E-state index in [1.54, 1.807) is 6.92 Å². The van der Waals surface area contributed by atoms with Crippen LogP contribution in [0.15, 0.2) is 12.2 Å². The Labute approximate surface area is 377 Å². The summed E-state index contributed by atoms with van der Waals surface area (Å²) in [6.45, 7) is 25.7. The van der Waals surface area contributed by atoms with E-state index in [2.05, 4.69) is 26.1 Å². The molecule has 1 amide bonds. The molecule has 362 valence electrons. The molecule has 4 N–H and O–H groups in total. The SMILES string of the molecule is CCC(C(=O)[C@@H](C)[C@@H](O)[C@H](C)[C@@H]1O[C@@H]([C@@H](CC)C(=O)O)CC[C@@H]1C)[C@H]1O[C@]2(C=C[C@@H](NC(=O)OCCOC(C)(C)C)[C@]3(CC[C@@](C)([C@H]4CC[C@](O)(CC)[C@H](C)O4)O3)O2)[C@H](C)C[C@@H]1C. The molecule has 5 aliphatic heterocycles. The minimum atomic E-state index is -1.40. The molecule has 14 heteroatoms. The maximum absolute atomic E-state index is 14.7. The van der Waals surface area contributed by atoms with Crippen LogP contribution in [0.2, 0.25) is 0 Å². The first-order valence-corrected chi connectivity index (χ1v) is 24.2. The first kappa shape index (κ1) is 51.8. The number of nitrogens with one attached hydrogen (secondary N) is 1. The lowest BCUT2D eigenvalue weighted by molar-refractivity contribution is -0.398. The molecule has 2 spiro atoms. The third kappa shape index (κ3) is 11.2. The van der Waals surface area contributed by atoms with E-state index in [0.29, 0.717) is 57.8 Å². The fourth-order valence-corrected chi connectivity index (χ4v) is 11.3. The van der Waals surface area contributed by atoms with Crippen molar-refractivity contribution in [2.75, 3.05) is 13.2 Å². The zero-order chi connectivity index (χ0) is 46.9. The fraction of sp³-hybridized carbons (Fsp3) is 0.898. The quantitative estimate of drug-likeness (QED) is 0.0871. The highest BCUT2D eigenvalue weighted by Gasteiger charge is 2.63. The van der Waals surface area contributed by atoms with E-state index in [1.807, 2.05) is 74.5 Å². The average molecular weight is 894 g/mol. The molecule has 0 saturated carbocycles. The van der Waals surface area contributed by atoms with Gasteiger partial charge in [-0.25, -0.2) is 4.79 Å². The van der Waals surface area contributed by atoms with Gasteiger partial charge >= 0.3 is 12.1 Å². The predicted octanol–water partition coefficient (Wildman–Crippen LogP) is 7.74. The number of aliphatic carboxylic acids is 1. The lowest BCUT2D eigenvalue weighted by Crippen LogP contribution is -2.65. The van der Waals surface area contributed by atoms with Gasteiger partial charge < -0.3 is 53.8 Å². The number of hydrogen-bond acceptors (Lipinski definition) is 12. The van der Waals surface area contributed by atoms with Crippen molar-refractivity contribution >= 4 is 17.8 Å². The molecule has 0 bridgehead atoms. The van der Waals surface area contributed by atoms with E-state index in [9.17, 15) is 29.7 Å². The molecule has 0 aromatic carbocycles. The minimum absolute atomic E-state index is 0.0379. The summed E-state index contributed by atoms with van der Waals surface area (Å²) in [5, 5.41) is 36.0. The molecular weight excluding hydrogens is 811 g/mol. The number of carboxylic acids is 1. The third-order valence-electron chi connectivity index (χ3n) is 15.6. The number of Topliss-reactive ketones (excluding diaryl/α,β-unsaturated/α-hetero) is 1. The summed E-state index contributed by atoms with van der Waals surface area (Å²) in [5.74, 6) is -6.21. The molecule has 5 rings (SSSR count). The van der Waals surface area contributed by atoms with Gasteiger partial charge in [0.2, 0.25) is 0 Å². The highest BCUT2D eigenvalue weighted by molar-refractivity contribution is 5.84. The van der Waals surface area contributed by atoms with Gasteiger partial charge in [-0.15, -0.1) is 0 Å². The zero-order valence-corrected chi connectivity index (χ0v) is 40.6. The molecule has 0 radical (unpaired) electrons. The van der Waals surface area contributed by atoms with Crippen molar-refractivity contribution in [2.24, 2.45) is 41.4 Å². The standard InChI is InChI=1S/C49H83NO13/c1-14-34(43(53)54)36-18-17-28(4)41(60-36)32(8)39(51)31(7)40(52)35(15-2)42-29(5)27-30(6)48(61-42)22-19-37(50-44(55)57-25-26-58-45(10,11)12)49(63-48)24-23-46(13,62-49)38-20-21-47(56,16-3)33(9)59-38/h19,22,28-39,41-42,51,56H,14-18,20-21,23-27H2,1-13H3,(H,50,55)(H,53,54)/t28-,29-,30+,31-,32-,33-,34+,35?,36+,37+,38+,39+,41+,42-,46-,47+,48-,49-/m0/s1. The first-order chi connectivity index (χ1) is 29.4. The number of ketones is 1. The molecule has 4 saturated heterocycles. The number of alkyl carbamates (subject to hydrolysis) is 1.